The van der Waals surface area contributed by atoms with E-state index in [1.54, 1.807) is 18.9 Å². The number of nitrogens with zero attached hydrogens (tertiary/aromatic N) is 5. The van der Waals surface area contributed by atoms with E-state index >= 15 is 0 Å². The van der Waals surface area contributed by atoms with Crippen molar-refractivity contribution in [3.05, 3.63) is 28.7 Å². The molecular formula is C20H27N7OS. The van der Waals surface area contributed by atoms with E-state index in [0.29, 0.717) is 18.9 Å². The summed E-state index contributed by atoms with van der Waals surface area (Å²) in [5, 5.41) is 10.1. The van der Waals surface area contributed by atoms with Gasteiger partial charge in [-0.3, -0.25) is 4.98 Å². The van der Waals surface area contributed by atoms with Crippen LogP contribution in [0.4, 0.5) is 5.95 Å². The summed E-state index contributed by atoms with van der Waals surface area (Å²) in [6, 6.07) is 0.278. The maximum atomic E-state index is 6.29. The van der Waals surface area contributed by atoms with Gasteiger partial charge in [-0.05, 0) is 27.7 Å². The highest BCUT2D eigenvalue weighted by atomic mass is 32.2. The van der Waals surface area contributed by atoms with Crippen LogP contribution in [0.3, 0.4) is 0 Å². The Morgan fingerprint density at radius 3 is 2.86 bits per heavy atom. The van der Waals surface area contributed by atoms with Crippen LogP contribution in [-0.2, 0) is 13.0 Å². The van der Waals surface area contributed by atoms with E-state index in [1.165, 1.54) is 0 Å². The molecule has 0 aliphatic carbocycles. The molecule has 0 fully saturated rings. The molecule has 0 amide bonds. The zero-order valence-electron chi connectivity index (χ0n) is 17.5. The average molecular weight is 414 g/mol. The van der Waals surface area contributed by atoms with E-state index in [2.05, 4.69) is 24.1 Å². The smallest absolute Gasteiger partial charge is 0.226 e. The molecule has 1 aliphatic heterocycles. The first-order valence-electron chi connectivity index (χ1n) is 9.78. The third-order valence-corrected chi connectivity index (χ3v) is 6.15. The fraction of sp³-hybridized carbons (Fsp3) is 0.500. The van der Waals surface area contributed by atoms with Crippen molar-refractivity contribution in [1.29, 1.82) is 0 Å². The maximum absolute atomic E-state index is 6.29. The van der Waals surface area contributed by atoms with Gasteiger partial charge in [-0.2, -0.15) is 10.1 Å². The van der Waals surface area contributed by atoms with Gasteiger partial charge in [0.05, 0.1) is 30.4 Å². The first-order chi connectivity index (χ1) is 13.9. The van der Waals surface area contributed by atoms with Crippen molar-refractivity contribution >= 4 is 28.7 Å². The van der Waals surface area contributed by atoms with Crippen LogP contribution in [0.5, 0.6) is 5.75 Å². The van der Waals surface area contributed by atoms with Crippen molar-refractivity contribution in [2.75, 3.05) is 18.2 Å². The highest BCUT2D eigenvalue weighted by Gasteiger charge is 2.25. The second kappa shape index (κ2) is 7.79. The summed E-state index contributed by atoms with van der Waals surface area (Å²) in [6.07, 6.45) is 2.56. The fourth-order valence-corrected chi connectivity index (χ4v) is 4.65. The molecule has 154 valence electrons. The van der Waals surface area contributed by atoms with E-state index < -0.39 is 0 Å². The van der Waals surface area contributed by atoms with E-state index in [9.17, 15) is 0 Å². The number of pyridine rings is 1. The van der Waals surface area contributed by atoms with Crippen molar-refractivity contribution in [2.45, 2.75) is 57.8 Å². The minimum absolute atomic E-state index is 0.0431. The standard InChI is InChI=1S/C20H27N7OS/c1-10(2)23-20-24-18-16-14(6-13(21)9-29-19(16)25-20)26-27(18)8-15-12(4)17(28-5)11(3)7-22-15/h7,10,13H,6,8-9,21H2,1-5H3,(H,23,24,25). The van der Waals surface area contributed by atoms with Gasteiger partial charge in [-0.25, -0.2) is 9.67 Å². The lowest BCUT2D eigenvalue weighted by Gasteiger charge is -2.13. The summed E-state index contributed by atoms with van der Waals surface area (Å²) in [4.78, 5) is 14.2. The summed E-state index contributed by atoms with van der Waals surface area (Å²) < 4.78 is 7.49. The number of rotatable bonds is 5. The number of hydrogen-bond donors (Lipinski definition) is 2. The lowest BCUT2D eigenvalue weighted by atomic mass is 10.1. The minimum atomic E-state index is 0.0431. The normalized spacial score (nSPS) is 16.3. The molecule has 3 aromatic heterocycles. The Morgan fingerprint density at radius 2 is 2.14 bits per heavy atom. The van der Waals surface area contributed by atoms with Crippen molar-refractivity contribution in [3.8, 4) is 5.75 Å². The zero-order chi connectivity index (χ0) is 20.7. The van der Waals surface area contributed by atoms with Crippen LogP contribution in [0.15, 0.2) is 11.2 Å². The van der Waals surface area contributed by atoms with Crippen LogP contribution < -0.4 is 15.8 Å². The number of methoxy groups -OCH3 is 1. The van der Waals surface area contributed by atoms with E-state index in [4.69, 9.17) is 25.5 Å². The average Bonchev–Trinajstić information content (AvgIpc) is 2.90. The second-order valence-electron chi connectivity index (χ2n) is 7.78. The first kappa shape index (κ1) is 19.9. The second-order valence-corrected chi connectivity index (χ2v) is 8.78. The van der Waals surface area contributed by atoms with Gasteiger partial charge in [0.2, 0.25) is 5.95 Å². The molecule has 8 nitrogen and oxygen atoms in total. The Balaban J connectivity index is 1.85. The molecule has 0 saturated heterocycles. The predicted molar refractivity (Wildman–Crippen MR) is 116 cm³/mol. The monoisotopic (exact) mass is 413 g/mol. The highest BCUT2D eigenvalue weighted by molar-refractivity contribution is 7.99. The molecule has 4 heterocycles. The molecule has 0 radical (unpaired) electrons. The number of hydrogen-bond acceptors (Lipinski definition) is 8. The van der Waals surface area contributed by atoms with Gasteiger partial charge in [0.25, 0.3) is 0 Å². The third-order valence-electron chi connectivity index (χ3n) is 4.99. The number of nitrogens with one attached hydrogen (secondary N) is 1. The molecule has 1 unspecified atom stereocenters. The number of thioether (sulfide) groups is 1. The lowest BCUT2D eigenvalue weighted by Crippen LogP contribution is -2.25. The Labute approximate surface area is 174 Å². The minimum Gasteiger partial charge on any atom is -0.496 e. The first-order valence-corrected chi connectivity index (χ1v) is 10.8. The Morgan fingerprint density at radius 1 is 1.34 bits per heavy atom. The topological polar surface area (TPSA) is 104 Å². The number of ether oxygens (including phenoxy) is 1. The van der Waals surface area contributed by atoms with Gasteiger partial charge in [0, 0.05) is 41.6 Å². The van der Waals surface area contributed by atoms with E-state index in [1.807, 2.05) is 24.7 Å². The largest absolute Gasteiger partial charge is 0.496 e. The predicted octanol–water partition coefficient (Wildman–Crippen LogP) is 2.69. The zero-order valence-corrected chi connectivity index (χ0v) is 18.3. The molecule has 3 aromatic rings. The maximum Gasteiger partial charge on any atom is 0.226 e. The lowest BCUT2D eigenvalue weighted by molar-refractivity contribution is 0.406. The summed E-state index contributed by atoms with van der Waals surface area (Å²) >= 11 is 1.68. The molecular weight excluding hydrogens is 386 g/mol. The molecule has 9 heteroatoms. The Hall–Kier alpha value is -2.39. The van der Waals surface area contributed by atoms with E-state index in [0.717, 1.165) is 50.1 Å². The molecule has 1 aliphatic rings. The van der Waals surface area contributed by atoms with Crippen molar-refractivity contribution in [1.82, 2.24) is 24.7 Å². The molecule has 0 spiro atoms. The summed E-state index contributed by atoms with van der Waals surface area (Å²) in [5.74, 6) is 2.30. The number of aromatic nitrogens is 5. The van der Waals surface area contributed by atoms with Crippen LogP contribution in [0.2, 0.25) is 0 Å². The quantitative estimate of drug-likeness (QED) is 0.615. The van der Waals surface area contributed by atoms with Crippen molar-refractivity contribution in [3.63, 3.8) is 0 Å². The van der Waals surface area contributed by atoms with Crippen LogP contribution in [0.25, 0.3) is 11.0 Å². The number of anilines is 1. The third kappa shape index (κ3) is 3.76. The molecule has 4 rings (SSSR count). The van der Waals surface area contributed by atoms with Gasteiger partial charge >= 0.3 is 0 Å². The van der Waals surface area contributed by atoms with Gasteiger partial charge in [-0.1, -0.05) is 0 Å². The Kier molecular flexibility index (Phi) is 5.35. The van der Waals surface area contributed by atoms with Crippen LogP contribution in [0, 0.1) is 13.8 Å². The Bertz CT molecular complexity index is 1060. The number of aryl methyl sites for hydroxylation is 1. The van der Waals surface area contributed by atoms with Crippen molar-refractivity contribution < 1.29 is 4.74 Å². The van der Waals surface area contributed by atoms with Gasteiger partial charge in [0.1, 0.15) is 10.8 Å². The van der Waals surface area contributed by atoms with Crippen molar-refractivity contribution in [2.24, 2.45) is 5.73 Å². The SMILES string of the molecule is COc1c(C)cnc(Cn2nc3c4c(nc(NC(C)C)nc42)SCC(N)C3)c1C. The molecule has 29 heavy (non-hydrogen) atoms. The molecule has 0 saturated carbocycles. The van der Waals surface area contributed by atoms with Crippen LogP contribution in [-0.4, -0.2) is 49.7 Å². The van der Waals surface area contributed by atoms with E-state index in [-0.39, 0.29) is 12.1 Å². The molecule has 0 bridgehead atoms. The highest BCUT2D eigenvalue weighted by Crippen LogP contribution is 2.34. The van der Waals surface area contributed by atoms with Gasteiger partial charge < -0.3 is 15.8 Å². The summed E-state index contributed by atoms with van der Waals surface area (Å²) in [5.41, 5.74) is 11.0. The summed E-state index contributed by atoms with van der Waals surface area (Å²) in [6.45, 7) is 8.68. The molecule has 1 atom stereocenters. The summed E-state index contributed by atoms with van der Waals surface area (Å²) in [7, 11) is 1.69. The number of nitrogens with two attached hydrogens (primary N) is 1. The van der Waals surface area contributed by atoms with Crippen LogP contribution >= 0.6 is 11.8 Å². The molecule has 0 aromatic carbocycles. The van der Waals surface area contributed by atoms with Crippen LogP contribution in [0.1, 0.15) is 36.4 Å². The fourth-order valence-electron chi connectivity index (χ4n) is 3.66. The molecule has 3 N–H and O–H groups in total. The van der Waals surface area contributed by atoms with Gasteiger partial charge in [-0.15, -0.1) is 11.8 Å². The van der Waals surface area contributed by atoms with Gasteiger partial charge in [0.15, 0.2) is 5.65 Å².